The summed E-state index contributed by atoms with van der Waals surface area (Å²) in [4.78, 5) is 2.40. The van der Waals surface area contributed by atoms with E-state index in [1.54, 1.807) is 7.11 Å². The second kappa shape index (κ2) is 11.6. The first-order valence-corrected chi connectivity index (χ1v) is 12.5. The molecule has 0 spiro atoms. The van der Waals surface area contributed by atoms with E-state index in [-0.39, 0.29) is 12.0 Å². The summed E-state index contributed by atoms with van der Waals surface area (Å²) >= 11 is 0. The van der Waals surface area contributed by atoms with Crippen molar-refractivity contribution in [2.24, 2.45) is 0 Å². The third-order valence-corrected chi connectivity index (χ3v) is 6.36. The largest absolute Gasteiger partial charge is 0.497 e. The number of nitrogens with zero attached hydrogens (tertiary/aromatic N) is 3. The molecular weight excluding hydrogens is 438 g/mol. The number of benzene rings is 2. The van der Waals surface area contributed by atoms with E-state index in [1.807, 2.05) is 65.4 Å². The Morgan fingerprint density at radius 1 is 1.11 bits per heavy atom. The molecule has 0 saturated heterocycles. The van der Waals surface area contributed by atoms with Gasteiger partial charge in [0.1, 0.15) is 11.5 Å². The minimum Gasteiger partial charge on any atom is -0.497 e. The summed E-state index contributed by atoms with van der Waals surface area (Å²) in [5, 5.41) is 15.7. The SMILES string of the molecule is C=CCC[C@@H](O)CN(Cc1c(C(C)C)nn(-c2ccc(OC)cc2)c1Oc1ccccc1)C1CC1. The fourth-order valence-corrected chi connectivity index (χ4v) is 4.32. The van der Waals surface area contributed by atoms with E-state index in [1.165, 1.54) is 0 Å². The predicted molar refractivity (Wildman–Crippen MR) is 140 cm³/mol. The van der Waals surface area contributed by atoms with Gasteiger partial charge in [-0.3, -0.25) is 4.90 Å². The number of aliphatic hydroxyl groups is 1. The second-order valence-corrected chi connectivity index (χ2v) is 9.53. The molecule has 6 nitrogen and oxygen atoms in total. The van der Waals surface area contributed by atoms with Gasteiger partial charge in [0.15, 0.2) is 0 Å². The molecule has 1 N–H and O–H groups in total. The molecule has 1 saturated carbocycles. The van der Waals surface area contributed by atoms with Crippen LogP contribution in [-0.2, 0) is 6.54 Å². The Kier molecular flexibility index (Phi) is 8.26. The third kappa shape index (κ3) is 6.32. The number of aromatic nitrogens is 2. The van der Waals surface area contributed by atoms with Crippen molar-refractivity contribution in [1.29, 1.82) is 0 Å². The summed E-state index contributed by atoms with van der Waals surface area (Å²) in [5.41, 5.74) is 2.99. The van der Waals surface area contributed by atoms with Crippen molar-refractivity contribution in [3.8, 4) is 23.1 Å². The standard InChI is InChI=1S/C29H37N3O3/c1-5-6-10-24(33)19-31(22-13-14-22)20-27-28(21(2)3)30-32(23-15-17-25(34-4)18-16-23)29(27)35-26-11-8-7-9-12-26/h5,7-9,11-12,15-18,21-22,24,33H,1,6,10,13-14,19-20H2,2-4H3/t24-/m1/s1. The fourth-order valence-electron chi connectivity index (χ4n) is 4.32. The topological polar surface area (TPSA) is 59.8 Å². The Morgan fingerprint density at radius 3 is 2.43 bits per heavy atom. The normalized spacial score (nSPS) is 14.3. The highest BCUT2D eigenvalue weighted by molar-refractivity contribution is 5.46. The molecule has 0 bridgehead atoms. The maximum atomic E-state index is 10.7. The number of hydrogen-bond donors (Lipinski definition) is 1. The number of allylic oxidation sites excluding steroid dienone is 1. The molecule has 3 aromatic rings. The van der Waals surface area contributed by atoms with Crippen LogP contribution in [0.2, 0.25) is 0 Å². The summed E-state index contributed by atoms with van der Waals surface area (Å²) in [5.74, 6) is 2.50. The van der Waals surface area contributed by atoms with E-state index in [0.29, 0.717) is 19.1 Å². The van der Waals surface area contributed by atoms with Crippen molar-refractivity contribution in [3.63, 3.8) is 0 Å². The molecule has 1 heterocycles. The molecule has 1 aliphatic rings. The van der Waals surface area contributed by atoms with Crippen LogP contribution in [0, 0.1) is 0 Å². The molecule has 1 aromatic heterocycles. The van der Waals surface area contributed by atoms with Gasteiger partial charge in [-0.25, -0.2) is 4.68 Å². The Morgan fingerprint density at radius 2 is 1.83 bits per heavy atom. The summed E-state index contributed by atoms with van der Waals surface area (Å²) in [6.07, 6.45) is 5.34. The van der Waals surface area contributed by atoms with Gasteiger partial charge in [-0.1, -0.05) is 38.1 Å². The molecule has 1 atom stereocenters. The van der Waals surface area contributed by atoms with Crippen molar-refractivity contribution in [1.82, 2.24) is 14.7 Å². The Balaban J connectivity index is 1.74. The first-order valence-electron chi connectivity index (χ1n) is 12.5. The summed E-state index contributed by atoms with van der Waals surface area (Å²) < 4.78 is 13.8. The molecule has 1 fully saturated rings. The first-order chi connectivity index (χ1) is 17.0. The van der Waals surface area contributed by atoms with Crippen LogP contribution < -0.4 is 9.47 Å². The maximum Gasteiger partial charge on any atom is 0.227 e. The third-order valence-electron chi connectivity index (χ3n) is 6.36. The molecule has 0 aliphatic heterocycles. The van der Waals surface area contributed by atoms with Crippen molar-refractivity contribution in [2.45, 2.75) is 64.1 Å². The van der Waals surface area contributed by atoms with E-state index < -0.39 is 0 Å². The van der Waals surface area contributed by atoms with Gasteiger partial charge in [0, 0.05) is 19.1 Å². The van der Waals surface area contributed by atoms with Crippen LogP contribution in [0.15, 0.2) is 67.3 Å². The number of rotatable bonds is 13. The van der Waals surface area contributed by atoms with Crippen LogP contribution in [0.25, 0.3) is 5.69 Å². The average molecular weight is 476 g/mol. The summed E-state index contributed by atoms with van der Waals surface area (Å²) in [7, 11) is 1.66. The van der Waals surface area contributed by atoms with Crippen LogP contribution in [-0.4, -0.2) is 45.6 Å². The predicted octanol–water partition coefficient (Wildman–Crippen LogP) is 6.09. The minimum absolute atomic E-state index is 0.217. The zero-order valence-corrected chi connectivity index (χ0v) is 21.1. The molecule has 2 aromatic carbocycles. The number of methoxy groups -OCH3 is 1. The monoisotopic (exact) mass is 475 g/mol. The second-order valence-electron chi connectivity index (χ2n) is 9.53. The molecule has 0 amide bonds. The van der Waals surface area contributed by atoms with Crippen LogP contribution in [0.5, 0.6) is 17.4 Å². The molecule has 0 unspecified atom stereocenters. The highest BCUT2D eigenvalue weighted by Gasteiger charge is 2.33. The van der Waals surface area contributed by atoms with Crippen LogP contribution in [0.3, 0.4) is 0 Å². The maximum absolute atomic E-state index is 10.7. The summed E-state index contributed by atoms with van der Waals surface area (Å²) in [6.45, 7) is 9.43. The Labute approximate surface area is 208 Å². The molecule has 6 heteroatoms. The molecule has 4 rings (SSSR count). The van der Waals surface area contributed by atoms with Crippen molar-refractivity contribution in [2.75, 3.05) is 13.7 Å². The van der Waals surface area contributed by atoms with E-state index >= 15 is 0 Å². The zero-order chi connectivity index (χ0) is 24.8. The van der Waals surface area contributed by atoms with Crippen LogP contribution in [0.4, 0.5) is 0 Å². The lowest BCUT2D eigenvalue weighted by Crippen LogP contribution is -2.34. The quantitative estimate of drug-likeness (QED) is 0.303. The average Bonchev–Trinajstić information content (AvgIpc) is 3.66. The summed E-state index contributed by atoms with van der Waals surface area (Å²) in [6, 6.07) is 18.2. The van der Waals surface area contributed by atoms with Crippen molar-refractivity contribution < 1.29 is 14.6 Å². The van der Waals surface area contributed by atoms with Crippen molar-refractivity contribution in [3.05, 3.63) is 78.5 Å². The van der Waals surface area contributed by atoms with E-state index in [4.69, 9.17) is 14.6 Å². The van der Waals surface area contributed by atoms with Gasteiger partial charge >= 0.3 is 0 Å². The number of para-hydroxylation sites is 1. The highest BCUT2D eigenvalue weighted by Crippen LogP contribution is 2.37. The van der Waals surface area contributed by atoms with E-state index in [2.05, 4.69) is 25.3 Å². The zero-order valence-electron chi connectivity index (χ0n) is 21.1. The van der Waals surface area contributed by atoms with Crippen LogP contribution >= 0.6 is 0 Å². The lowest BCUT2D eigenvalue weighted by molar-refractivity contribution is 0.0974. The van der Waals surface area contributed by atoms with Gasteiger partial charge in [0.05, 0.1) is 30.2 Å². The van der Waals surface area contributed by atoms with Gasteiger partial charge in [0.2, 0.25) is 5.88 Å². The Hall–Kier alpha value is -3.09. The van der Waals surface area contributed by atoms with Gasteiger partial charge in [0.25, 0.3) is 0 Å². The lowest BCUT2D eigenvalue weighted by atomic mass is 10.0. The molecule has 1 aliphatic carbocycles. The van der Waals surface area contributed by atoms with Gasteiger partial charge < -0.3 is 14.6 Å². The van der Waals surface area contributed by atoms with Gasteiger partial charge in [-0.05, 0) is 68.0 Å². The molecule has 186 valence electrons. The Bertz CT molecular complexity index is 1090. The first kappa shape index (κ1) is 25.0. The smallest absolute Gasteiger partial charge is 0.227 e. The molecule has 0 radical (unpaired) electrons. The fraction of sp³-hybridized carbons (Fsp3) is 0.414. The van der Waals surface area contributed by atoms with Gasteiger partial charge in [-0.15, -0.1) is 6.58 Å². The lowest BCUT2D eigenvalue weighted by Gasteiger charge is -2.25. The molecular formula is C29H37N3O3. The van der Waals surface area contributed by atoms with Gasteiger partial charge in [-0.2, -0.15) is 5.10 Å². The minimum atomic E-state index is -0.383. The van der Waals surface area contributed by atoms with Crippen LogP contribution in [0.1, 0.15) is 56.7 Å². The number of ether oxygens (including phenoxy) is 2. The van der Waals surface area contributed by atoms with E-state index in [0.717, 1.165) is 60.0 Å². The molecule has 35 heavy (non-hydrogen) atoms. The highest BCUT2D eigenvalue weighted by atomic mass is 16.5. The van der Waals surface area contributed by atoms with E-state index in [9.17, 15) is 5.11 Å². The number of aliphatic hydroxyl groups excluding tert-OH is 1. The van der Waals surface area contributed by atoms with Crippen molar-refractivity contribution >= 4 is 0 Å². The number of hydrogen-bond acceptors (Lipinski definition) is 5.